The Kier molecular flexibility index (Phi) is 3.44. The van der Waals surface area contributed by atoms with Crippen LogP contribution < -0.4 is 0 Å². The zero-order valence-corrected chi connectivity index (χ0v) is 12.9. The van der Waals surface area contributed by atoms with Crippen LogP contribution >= 0.6 is 15.9 Å². The van der Waals surface area contributed by atoms with Gasteiger partial charge in [-0.05, 0) is 23.5 Å². The van der Waals surface area contributed by atoms with E-state index in [1.807, 2.05) is 0 Å². The molecule has 0 saturated heterocycles. The number of hydrogen-bond donors (Lipinski definition) is 0. The first-order valence-corrected chi connectivity index (χ1v) is 7.88. The maximum Gasteiger partial charge on any atom is 0.143 e. The molecule has 2 aromatic rings. The lowest BCUT2D eigenvalue weighted by Gasteiger charge is -2.30. The van der Waals surface area contributed by atoms with Crippen molar-refractivity contribution in [2.24, 2.45) is 5.92 Å². The highest BCUT2D eigenvalue weighted by Crippen LogP contribution is 2.39. The van der Waals surface area contributed by atoms with E-state index in [4.69, 9.17) is 0 Å². The molecule has 0 N–H and O–H groups in total. The fraction of sp³-hybridized carbons (Fsp3) is 0.467. The normalized spacial score (nSPS) is 17.4. The van der Waals surface area contributed by atoms with Gasteiger partial charge in [0.1, 0.15) is 11.6 Å². The van der Waals surface area contributed by atoms with E-state index in [1.165, 1.54) is 11.1 Å². The molecule has 0 aliphatic heterocycles. The van der Waals surface area contributed by atoms with E-state index in [9.17, 15) is 0 Å². The monoisotopic (exact) mass is 319 g/mol. The Morgan fingerprint density at radius 3 is 2.79 bits per heavy atom. The highest BCUT2D eigenvalue weighted by atomic mass is 79.9. The third-order valence-electron chi connectivity index (χ3n) is 3.69. The SMILES string of the molecule is CC(C)Cn1c(CBr)nnc1C1Cc2ccccc21. The fourth-order valence-electron chi connectivity index (χ4n) is 2.76. The largest absolute Gasteiger partial charge is 0.313 e. The molecule has 1 unspecified atom stereocenters. The Bertz CT molecular complexity index is 589. The van der Waals surface area contributed by atoms with Crippen LogP contribution in [0.2, 0.25) is 0 Å². The molecule has 4 heteroatoms. The summed E-state index contributed by atoms with van der Waals surface area (Å²) in [5, 5.41) is 9.54. The van der Waals surface area contributed by atoms with E-state index in [-0.39, 0.29) is 0 Å². The summed E-state index contributed by atoms with van der Waals surface area (Å²) in [7, 11) is 0. The molecule has 1 aliphatic rings. The minimum atomic E-state index is 0.426. The van der Waals surface area contributed by atoms with E-state index in [1.54, 1.807) is 0 Å². The predicted molar refractivity (Wildman–Crippen MR) is 79.5 cm³/mol. The van der Waals surface area contributed by atoms with Crippen molar-refractivity contribution >= 4 is 15.9 Å². The number of aromatic nitrogens is 3. The van der Waals surface area contributed by atoms with Crippen molar-refractivity contribution in [3.05, 3.63) is 47.0 Å². The van der Waals surface area contributed by atoms with Crippen molar-refractivity contribution in [2.75, 3.05) is 0 Å². The molecule has 100 valence electrons. The van der Waals surface area contributed by atoms with Crippen molar-refractivity contribution in [1.29, 1.82) is 0 Å². The molecule has 1 aromatic carbocycles. The van der Waals surface area contributed by atoms with Crippen LogP contribution in [0.5, 0.6) is 0 Å². The van der Waals surface area contributed by atoms with Gasteiger partial charge in [-0.25, -0.2) is 0 Å². The average Bonchev–Trinajstić information content (AvgIpc) is 2.73. The minimum Gasteiger partial charge on any atom is -0.313 e. The maximum atomic E-state index is 4.44. The standard InChI is InChI=1S/C15H18BrN3/c1-10(2)9-19-14(8-16)17-18-15(19)13-7-11-5-3-4-6-12(11)13/h3-6,10,13H,7-9H2,1-2H3. The van der Waals surface area contributed by atoms with Gasteiger partial charge < -0.3 is 4.57 Å². The van der Waals surface area contributed by atoms with Gasteiger partial charge in [-0.2, -0.15) is 0 Å². The molecule has 0 fully saturated rings. The Labute approximate surface area is 122 Å². The van der Waals surface area contributed by atoms with Gasteiger partial charge in [0.05, 0.1) is 5.33 Å². The molecule has 19 heavy (non-hydrogen) atoms. The molecule has 1 atom stereocenters. The second kappa shape index (κ2) is 5.08. The number of halogens is 1. The summed E-state index contributed by atoms with van der Waals surface area (Å²) >= 11 is 3.51. The van der Waals surface area contributed by atoms with Gasteiger partial charge in [-0.3, -0.25) is 0 Å². The topological polar surface area (TPSA) is 30.7 Å². The summed E-state index contributed by atoms with van der Waals surface area (Å²) in [5.74, 6) is 3.19. The molecule has 1 aliphatic carbocycles. The summed E-state index contributed by atoms with van der Waals surface area (Å²) < 4.78 is 2.29. The van der Waals surface area contributed by atoms with Gasteiger partial charge in [0.25, 0.3) is 0 Å². The molecule has 0 radical (unpaired) electrons. The van der Waals surface area contributed by atoms with Crippen molar-refractivity contribution < 1.29 is 0 Å². The second-order valence-corrected chi connectivity index (χ2v) is 6.13. The summed E-state index contributed by atoms with van der Waals surface area (Å²) in [6, 6.07) is 8.64. The lowest BCUT2D eigenvalue weighted by molar-refractivity contribution is 0.480. The molecule has 0 spiro atoms. The average molecular weight is 320 g/mol. The van der Waals surface area contributed by atoms with Crippen molar-refractivity contribution in [3.8, 4) is 0 Å². The molecular weight excluding hydrogens is 302 g/mol. The van der Waals surface area contributed by atoms with E-state index in [0.717, 1.165) is 29.9 Å². The summed E-state index contributed by atoms with van der Waals surface area (Å²) in [4.78, 5) is 0. The van der Waals surface area contributed by atoms with Gasteiger partial charge in [0.2, 0.25) is 0 Å². The van der Waals surface area contributed by atoms with Crippen LogP contribution in [0.1, 0.15) is 42.5 Å². The number of alkyl halides is 1. The Balaban J connectivity index is 1.96. The van der Waals surface area contributed by atoms with Crippen LogP contribution in [-0.2, 0) is 18.3 Å². The molecule has 0 saturated carbocycles. The van der Waals surface area contributed by atoms with E-state index in [2.05, 4.69) is 68.8 Å². The quantitative estimate of drug-likeness (QED) is 0.807. The van der Waals surface area contributed by atoms with Gasteiger partial charge in [0, 0.05) is 12.5 Å². The van der Waals surface area contributed by atoms with Crippen LogP contribution in [0, 0.1) is 5.92 Å². The smallest absolute Gasteiger partial charge is 0.143 e. The molecule has 3 nitrogen and oxygen atoms in total. The first-order valence-electron chi connectivity index (χ1n) is 6.76. The number of rotatable bonds is 4. The lowest BCUT2D eigenvalue weighted by Crippen LogP contribution is -2.23. The van der Waals surface area contributed by atoms with Crippen LogP contribution in [0.3, 0.4) is 0 Å². The van der Waals surface area contributed by atoms with Gasteiger partial charge in [-0.15, -0.1) is 10.2 Å². The van der Waals surface area contributed by atoms with Crippen molar-refractivity contribution in [1.82, 2.24) is 14.8 Å². The van der Waals surface area contributed by atoms with E-state index < -0.39 is 0 Å². The van der Waals surface area contributed by atoms with Crippen molar-refractivity contribution in [2.45, 2.75) is 38.1 Å². The predicted octanol–water partition coefficient (Wildman–Crippen LogP) is 3.52. The van der Waals surface area contributed by atoms with Gasteiger partial charge in [0.15, 0.2) is 0 Å². The fourth-order valence-corrected chi connectivity index (χ4v) is 3.17. The van der Waals surface area contributed by atoms with E-state index >= 15 is 0 Å². The molecule has 1 aromatic heterocycles. The third kappa shape index (κ3) is 2.22. The third-order valence-corrected chi connectivity index (χ3v) is 4.19. The molecule has 0 amide bonds. The Morgan fingerprint density at radius 1 is 1.32 bits per heavy atom. The van der Waals surface area contributed by atoms with Crippen molar-refractivity contribution in [3.63, 3.8) is 0 Å². The van der Waals surface area contributed by atoms with E-state index in [0.29, 0.717) is 11.8 Å². The van der Waals surface area contributed by atoms with Gasteiger partial charge in [-0.1, -0.05) is 54.0 Å². The molecule has 0 bridgehead atoms. The summed E-state index contributed by atoms with van der Waals surface area (Å²) in [6.45, 7) is 5.45. The minimum absolute atomic E-state index is 0.426. The first-order chi connectivity index (χ1) is 9.20. The van der Waals surface area contributed by atoms with Crippen LogP contribution in [0.25, 0.3) is 0 Å². The second-order valence-electron chi connectivity index (χ2n) is 5.57. The highest BCUT2D eigenvalue weighted by Gasteiger charge is 2.31. The number of fused-ring (bicyclic) bond motifs is 1. The summed E-state index contributed by atoms with van der Waals surface area (Å²) in [5.41, 5.74) is 2.87. The number of benzene rings is 1. The number of hydrogen-bond acceptors (Lipinski definition) is 2. The molecule has 3 rings (SSSR count). The van der Waals surface area contributed by atoms with Crippen LogP contribution in [0.15, 0.2) is 24.3 Å². The first kappa shape index (κ1) is 12.9. The maximum absolute atomic E-state index is 4.44. The van der Waals surface area contributed by atoms with Crippen LogP contribution in [-0.4, -0.2) is 14.8 Å². The number of nitrogens with zero attached hydrogens (tertiary/aromatic N) is 3. The zero-order chi connectivity index (χ0) is 13.4. The van der Waals surface area contributed by atoms with Gasteiger partial charge >= 0.3 is 0 Å². The Morgan fingerprint density at radius 2 is 2.11 bits per heavy atom. The molecular formula is C15H18BrN3. The lowest BCUT2D eigenvalue weighted by atomic mass is 9.77. The molecule has 1 heterocycles. The highest BCUT2D eigenvalue weighted by molar-refractivity contribution is 9.08. The summed E-state index contributed by atoms with van der Waals surface area (Å²) in [6.07, 6.45) is 1.09. The van der Waals surface area contributed by atoms with Crippen LogP contribution in [0.4, 0.5) is 0 Å². The Hall–Kier alpha value is -1.16. The zero-order valence-electron chi connectivity index (χ0n) is 11.3.